The van der Waals surface area contributed by atoms with Gasteiger partial charge in [-0.3, -0.25) is 9.59 Å². The van der Waals surface area contributed by atoms with Crippen LogP contribution in [0.3, 0.4) is 0 Å². The Hall–Kier alpha value is -2.36. The molecule has 0 aromatic heterocycles. The SMILES string of the molecule is C/C=C\C(=C/CC)C(CC(=O)N1CCNC(=O)C1C)c1ccccc1. The minimum Gasteiger partial charge on any atom is -0.353 e. The number of carbonyl (C=O) groups is 2. The summed E-state index contributed by atoms with van der Waals surface area (Å²) >= 11 is 0. The molecule has 0 spiro atoms. The van der Waals surface area contributed by atoms with E-state index < -0.39 is 6.04 Å². The topological polar surface area (TPSA) is 49.4 Å². The Morgan fingerprint density at radius 1 is 1.36 bits per heavy atom. The summed E-state index contributed by atoms with van der Waals surface area (Å²) in [4.78, 5) is 26.5. The fraction of sp³-hybridized carbons (Fsp3) is 0.429. The number of hydrogen-bond acceptors (Lipinski definition) is 2. The van der Waals surface area contributed by atoms with E-state index >= 15 is 0 Å². The van der Waals surface area contributed by atoms with Crippen LogP contribution in [0.4, 0.5) is 0 Å². The first kappa shape index (κ1) is 19.0. The van der Waals surface area contributed by atoms with Crippen molar-refractivity contribution in [3.05, 3.63) is 59.7 Å². The molecule has 2 atom stereocenters. The molecule has 1 aliphatic rings. The third-order valence-corrected chi connectivity index (χ3v) is 4.60. The van der Waals surface area contributed by atoms with Gasteiger partial charge >= 0.3 is 0 Å². The highest BCUT2D eigenvalue weighted by Gasteiger charge is 2.31. The maximum absolute atomic E-state index is 12.9. The van der Waals surface area contributed by atoms with E-state index in [1.54, 1.807) is 11.8 Å². The van der Waals surface area contributed by atoms with Gasteiger partial charge in [-0.2, -0.15) is 0 Å². The number of nitrogens with one attached hydrogen (secondary N) is 1. The molecule has 0 saturated carbocycles. The van der Waals surface area contributed by atoms with Crippen LogP contribution in [0.5, 0.6) is 0 Å². The molecule has 0 aliphatic carbocycles. The quantitative estimate of drug-likeness (QED) is 0.807. The van der Waals surface area contributed by atoms with Gasteiger partial charge in [0.05, 0.1) is 0 Å². The number of hydrogen-bond donors (Lipinski definition) is 1. The van der Waals surface area contributed by atoms with E-state index in [0.717, 1.165) is 17.6 Å². The summed E-state index contributed by atoms with van der Waals surface area (Å²) in [5, 5.41) is 2.81. The molecular formula is C21H28N2O2. The molecule has 1 aromatic rings. The standard InChI is InChI=1S/C21H28N2O2/c1-4-9-17(10-5-2)19(18-11-7-6-8-12-18)15-20(24)23-14-13-22-21(25)16(23)3/h4,6-12,16,19H,5,13-15H2,1-3H3,(H,22,25)/b9-4-,17-10+. The first-order chi connectivity index (χ1) is 12.1. The molecule has 0 radical (unpaired) electrons. The Kier molecular flexibility index (Phi) is 6.99. The van der Waals surface area contributed by atoms with Crippen LogP contribution in [0.2, 0.25) is 0 Å². The van der Waals surface area contributed by atoms with E-state index in [-0.39, 0.29) is 17.7 Å². The summed E-state index contributed by atoms with van der Waals surface area (Å²) in [6.07, 6.45) is 7.56. The number of rotatable bonds is 6. The Balaban J connectivity index is 2.28. The van der Waals surface area contributed by atoms with Gasteiger partial charge in [0.1, 0.15) is 6.04 Å². The summed E-state index contributed by atoms with van der Waals surface area (Å²) < 4.78 is 0. The predicted octanol–water partition coefficient (Wildman–Crippen LogP) is 3.42. The van der Waals surface area contributed by atoms with Gasteiger partial charge in [0.25, 0.3) is 0 Å². The molecular weight excluding hydrogens is 312 g/mol. The van der Waals surface area contributed by atoms with E-state index in [0.29, 0.717) is 19.5 Å². The highest BCUT2D eigenvalue weighted by molar-refractivity contribution is 5.88. The third kappa shape index (κ3) is 4.81. The van der Waals surface area contributed by atoms with Crippen LogP contribution >= 0.6 is 0 Å². The number of nitrogens with zero attached hydrogens (tertiary/aromatic N) is 1. The van der Waals surface area contributed by atoms with Crippen LogP contribution in [0.25, 0.3) is 0 Å². The van der Waals surface area contributed by atoms with Crippen LogP contribution in [0.1, 0.15) is 45.1 Å². The molecule has 1 N–H and O–H groups in total. The van der Waals surface area contributed by atoms with Gasteiger partial charge in [-0.15, -0.1) is 0 Å². The molecule has 1 aliphatic heterocycles. The Bertz CT molecular complexity index is 649. The number of amides is 2. The summed E-state index contributed by atoms with van der Waals surface area (Å²) in [5.74, 6) is -0.0432. The normalized spacial score (nSPS) is 19.8. The molecule has 134 valence electrons. The van der Waals surface area contributed by atoms with Crippen molar-refractivity contribution < 1.29 is 9.59 Å². The minimum atomic E-state index is -0.405. The smallest absolute Gasteiger partial charge is 0.242 e. The third-order valence-electron chi connectivity index (χ3n) is 4.60. The van der Waals surface area contributed by atoms with E-state index in [1.807, 2.05) is 31.2 Å². The van der Waals surface area contributed by atoms with Crippen LogP contribution in [-0.2, 0) is 9.59 Å². The zero-order valence-corrected chi connectivity index (χ0v) is 15.4. The summed E-state index contributed by atoms with van der Waals surface area (Å²) in [6, 6.07) is 9.72. The zero-order valence-electron chi connectivity index (χ0n) is 15.4. The summed E-state index contributed by atoms with van der Waals surface area (Å²) in [6.45, 7) is 6.98. The lowest BCUT2D eigenvalue weighted by Crippen LogP contribution is -2.56. The molecule has 1 fully saturated rings. The van der Waals surface area contributed by atoms with Crippen LogP contribution in [0, 0.1) is 0 Å². The Morgan fingerprint density at radius 3 is 2.72 bits per heavy atom. The van der Waals surface area contributed by atoms with Crippen molar-refractivity contribution in [3.63, 3.8) is 0 Å². The van der Waals surface area contributed by atoms with Gasteiger partial charge < -0.3 is 10.2 Å². The van der Waals surface area contributed by atoms with Crippen molar-refractivity contribution in [3.8, 4) is 0 Å². The van der Waals surface area contributed by atoms with Gasteiger partial charge in [0.2, 0.25) is 11.8 Å². The first-order valence-corrected chi connectivity index (χ1v) is 9.03. The molecule has 2 unspecified atom stereocenters. The molecule has 25 heavy (non-hydrogen) atoms. The van der Waals surface area contributed by atoms with Crippen molar-refractivity contribution in [1.82, 2.24) is 10.2 Å². The fourth-order valence-corrected chi connectivity index (χ4v) is 3.28. The van der Waals surface area contributed by atoms with Crippen molar-refractivity contribution in [1.29, 1.82) is 0 Å². The van der Waals surface area contributed by atoms with Crippen molar-refractivity contribution >= 4 is 11.8 Å². The van der Waals surface area contributed by atoms with Crippen molar-refractivity contribution in [2.24, 2.45) is 0 Å². The second kappa shape index (κ2) is 9.21. The number of carbonyl (C=O) groups excluding carboxylic acids is 2. The van der Waals surface area contributed by atoms with Gasteiger partial charge in [-0.1, -0.05) is 55.5 Å². The largest absolute Gasteiger partial charge is 0.353 e. The molecule has 1 saturated heterocycles. The summed E-state index contributed by atoms with van der Waals surface area (Å²) in [7, 11) is 0. The lowest BCUT2D eigenvalue weighted by molar-refractivity contribution is -0.142. The van der Waals surface area contributed by atoms with Crippen LogP contribution < -0.4 is 5.32 Å². The van der Waals surface area contributed by atoms with Gasteiger partial charge in [0.15, 0.2) is 0 Å². The van der Waals surface area contributed by atoms with E-state index in [2.05, 4.69) is 36.5 Å². The van der Waals surface area contributed by atoms with Gasteiger partial charge in [-0.25, -0.2) is 0 Å². The minimum absolute atomic E-state index is 0.00189. The van der Waals surface area contributed by atoms with Crippen molar-refractivity contribution in [2.75, 3.05) is 13.1 Å². The predicted molar refractivity (Wildman–Crippen MR) is 101 cm³/mol. The van der Waals surface area contributed by atoms with E-state index in [4.69, 9.17) is 0 Å². The molecule has 2 amide bonds. The molecule has 1 heterocycles. The first-order valence-electron chi connectivity index (χ1n) is 9.03. The van der Waals surface area contributed by atoms with E-state index in [9.17, 15) is 9.59 Å². The second-order valence-electron chi connectivity index (χ2n) is 6.33. The monoisotopic (exact) mass is 340 g/mol. The lowest BCUT2D eigenvalue weighted by atomic mass is 9.86. The molecule has 2 rings (SSSR count). The van der Waals surface area contributed by atoms with Gasteiger partial charge in [-0.05, 0) is 31.4 Å². The number of benzene rings is 1. The van der Waals surface area contributed by atoms with Crippen LogP contribution in [0.15, 0.2) is 54.1 Å². The molecule has 0 bridgehead atoms. The zero-order chi connectivity index (χ0) is 18.2. The molecule has 4 heteroatoms. The Labute approximate surface area is 150 Å². The molecule has 4 nitrogen and oxygen atoms in total. The van der Waals surface area contributed by atoms with Crippen molar-refractivity contribution in [2.45, 2.75) is 45.6 Å². The Morgan fingerprint density at radius 2 is 2.08 bits per heavy atom. The maximum atomic E-state index is 12.9. The highest BCUT2D eigenvalue weighted by atomic mass is 16.2. The number of piperazine rings is 1. The van der Waals surface area contributed by atoms with Crippen LogP contribution in [-0.4, -0.2) is 35.8 Å². The molecule has 1 aromatic carbocycles. The average Bonchev–Trinajstić information content (AvgIpc) is 2.62. The fourth-order valence-electron chi connectivity index (χ4n) is 3.28. The average molecular weight is 340 g/mol. The number of allylic oxidation sites excluding steroid dienone is 4. The highest BCUT2D eigenvalue weighted by Crippen LogP contribution is 2.30. The summed E-state index contributed by atoms with van der Waals surface area (Å²) in [5.41, 5.74) is 2.28. The van der Waals surface area contributed by atoms with E-state index in [1.165, 1.54) is 0 Å². The maximum Gasteiger partial charge on any atom is 0.242 e. The lowest BCUT2D eigenvalue weighted by Gasteiger charge is -2.34. The van der Waals surface area contributed by atoms with Gasteiger partial charge in [0, 0.05) is 25.4 Å². The second-order valence-corrected chi connectivity index (χ2v) is 6.33.